The molecule has 0 bridgehead atoms. The molecule has 0 aliphatic heterocycles. The van der Waals surface area contributed by atoms with E-state index in [1.165, 1.54) is 42.5 Å². The van der Waals surface area contributed by atoms with Crippen LogP contribution in [-0.4, -0.2) is 27.5 Å². The maximum Gasteiger partial charge on any atom is 0.318 e. The molecular formula is C24H17BrN4O8. The summed E-state index contributed by atoms with van der Waals surface area (Å²) in [6, 6.07) is 13.4. The highest BCUT2D eigenvalue weighted by Crippen LogP contribution is 2.43. The van der Waals surface area contributed by atoms with E-state index in [-0.39, 0.29) is 39.7 Å². The third-order valence-corrected chi connectivity index (χ3v) is 5.28. The van der Waals surface area contributed by atoms with Gasteiger partial charge in [-0.25, -0.2) is 0 Å². The van der Waals surface area contributed by atoms with Crippen molar-refractivity contribution in [2.24, 2.45) is 0 Å². The number of benzene rings is 3. The number of phenolic OH excluding ortho intramolecular Hbond substituents is 1. The van der Waals surface area contributed by atoms with E-state index in [0.29, 0.717) is 11.3 Å². The van der Waals surface area contributed by atoms with Crippen LogP contribution in [0.2, 0.25) is 0 Å². The molecule has 3 rings (SSSR count). The van der Waals surface area contributed by atoms with E-state index >= 15 is 0 Å². The average molecular weight is 569 g/mol. The minimum atomic E-state index is -0.806. The molecule has 0 aliphatic carbocycles. The number of hydrogen-bond donors (Lipinski definition) is 2. The van der Waals surface area contributed by atoms with Gasteiger partial charge < -0.3 is 19.9 Å². The van der Waals surface area contributed by atoms with E-state index < -0.39 is 27.1 Å². The number of nitrogens with zero attached hydrogens (tertiary/aromatic N) is 3. The number of aromatic hydroxyl groups is 1. The van der Waals surface area contributed by atoms with Crippen molar-refractivity contribution in [1.82, 2.24) is 0 Å². The first kappa shape index (κ1) is 26.6. The number of amides is 1. The van der Waals surface area contributed by atoms with Gasteiger partial charge in [0, 0.05) is 11.8 Å². The number of ether oxygens (including phenoxy) is 2. The standard InChI is InChI=1S/C24H17BrN4O8/c1-2-36-22-11-14(9-15(13-26)24(31)27-16-3-6-18(30)7-4-16)10-19(25)23(22)37-21-8-5-17(28(32)33)12-20(21)29(34)35/h3-12,30H,2H2,1H3,(H,27,31)/b15-9+. The number of nitriles is 1. The number of rotatable bonds is 9. The summed E-state index contributed by atoms with van der Waals surface area (Å²) >= 11 is 3.31. The Bertz CT molecular complexity index is 1450. The molecule has 0 unspecified atom stereocenters. The van der Waals surface area contributed by atoms with Crippen molar-refractivity contribution >= 4 is 45.0 Å². The van der Waals surface area contributed by atoms with Crippen LogP contribution >= 0.6 is 15.9 Å². The molecule has 0 saturated heterocycles. The predicted molar refractivity (Wildman–Crippen MR) is 135 cm³/mol. The van der Waals surface area contributed by atoms with Crippen molar-refractivity contribution in [2.45, 2.75) is 6.92 Å². The monoisotopic (exact) mass is 568 g/mol. The van der Waals surface area contributed by atoms with Gasteiger partial charge in [0.05, 0.1) is 27.0 Å². The average Bonchev–Trinajstić information content (AvgIpc) is 2.86. The fourth-order valence-corrected chi connectivity index (χ4v) is 3.59. The van der Waals surface area contributed by atoms with Crippen LogP contribution < -0.4 is 14.8 Å². The quantitative estimate of drug-likeness (QED) is 0.107. The molecule has 0 aromatic heterocycles. The zero-order valence-electron chi connectivity index (χ0n) is 19.0. The lowest BCUT2D eigenvalue weighted by molar-refractivity contribution is -0.394. The maximum atomic E-state index is 12.6. The van der Waals surface area contributed by atoms with Crippen molar-refractivity contribution < 1.29 is 29.2 Å². The summed E-state index contributed by atoms with van der Waals surface area (Å²) in [6.45, 7) is 1.88. The Morgan fingerprint density at radius 1 is 1.11 bits per heavy atom. The highest BCUT2D eigenvalue weighted by Gasteiger charge is 2.24. The van der Waals surface area contributed by atoms with Gasteiger partial charge in [-0.2, -0.15) is 5.26 Å². The first-order valence-corrected chi connectivity index (χ1v) is 11.2. The van der Waals surface area contributed by atoms with E-state index in [1.54, 1.807) is 6.92 Å². The molecule has 0 aliphatic rings. The minimum absolute atomic E-state index is 0.0173. The van der Waals surface area contributed by atoms with Crippen LogP contribution in [0.25, 0.3) is 6.08 Å². The fourth-order valence-electron chi connectivity index (χ4n) is 3.05. The molecule has 0 saturated carbocycles. The molecule has 3 aromatic carbocycles. The topological polar surface area (TPSA) is 178 Å². The van der Waals surface area contributed by atoms with Crippen molar-refractivity contribution in [3.05, 3.63) is 90.4 Å². The van der Waals surface area contributed by atoms with Gasteiger partial charge in [-0.05, 0) is 77.0 Å². The second kappa shape index (κ2) is 11.6. The number of hydrogen-bond acceptors (Lipinski definition) is 9. The number of nitro benzene ring substituents is 2. The van der Waals surface area contributed by atoms with Gasteiger partial charge in [0.15, 0.2) is 11.5 Å². The predicted octanol–water partition coefficient (Wildman–Crippen LogP) is 5.71. The maximum absolute atomic E-state index is 12.6. The Morgan fingerprint density at radius 3 is 2.41 bits per heavy atom. The number of carbonyl (C=O) groups excluding carboxylic acids is 1. The molecule has 0 heterocycles. The second-order valence-electron chi connectivity index (χ2n) is 7.20. The molecule has 3 aromatic rings. The molecule has 12 nitrogen and oxygen atoms in total. The largest absolute Gasteiger partial charge is 0.508 e. The van der Waals surface area contributed by atoms with E-state index in [0.717, 1.165) is 18.2 Å². The van der Waals surface area contributed by atoms with Crippen molar-refractivity contribution in [2.75, 3.05) is 11.9 Å². The zero-order chi connectivity index (χ0) is 27.1. The lowest BCUT2D eigenvalue weighted by atomic mass is 10.1. The normalized spacial score (nSPS) is 10.8. The third kappa shape index (κ3) is 6.59. The number of non-ortho nitro benzene ring substituents is 1. The molecule has 13 heteroatoms. The Kier molecular flexibility index (Phi) is 8.39. The van der Waals surface area contributed by atoms with E-state index in [2.05, 4.69) is 21.2 Å². The van der Waals surface area contributed by atoms with Gasteiger partial charge in [-0.3, -0.25) is 25.0 Å². The molecule has 188 valence electrons. The summed E-state index contributed by atoms with van der Waals surface area (Å²) in [5.41, 5.74) is -0.586. The van der Waals surface area contributed by atoms with E-state index in [4.69, 9.17) is 9.47 Å². The molecule has 0 spiro atoms. The summed E-state index contributed by atoms with van der Waals surface area (Å²) in [4.78, 5) is 33.5. The van der Waals surface area contributed by atoms with Crippen LogP contribution in [0.4, 0.5) is 17.1 Å². The van der Waals surface area contributed by atoms with Crippen LogP contribution in [0.5, 0.6) is 23.0 Å². The van der Waals surface area contributed by atoms with Gasteiger partial charge in [-0.15, -0.1) is 0 Å². The number of halogens is 1. The molecular weight excluding hydrogens is 552 g/mol. The Hall–Kier alpha value is -4.96. The molecule has 0 radical (unpaired) electrons. The summed E-state index contributed by atoms with van der Waals surface area (Å²) in [5.74, 6) is -0.755. The van der Waals surface area contributed by atoms with Crippen LogP contribution in [0.15, 0.2) is 64.6 Å². The van der Waals surface area contributed by atoms with Crippen LogP contribution in [0.3, 0.4) is 0 Å². The highest BCUT2D eigenvalue weighted by molar-refractivity contribution is 9.10. The lowest BCUT2D eigenvalue weighted by Crippen LogP contribution is -2.13. The smallest absolute Gasteiger partial charge is 0.318 e. The number of anilines is 1. The number of phenols is 1. The molecule has 37 heavy (non-hydrogen) atoms. The first-order chi connectivity index (χ1) is 17.6. The zero-order valence-corrected chi connectivity index (χ0v) is 20.6. The van der Waals surface area contributed by atoms with Crippen LogP contribution in [0.1, 0.15) is 12.5 Å². The van der Waals surface area contributed by atoms with Crippen molar-refractivity contribution in [1.29, 1.82) is 5.26 Å². The molecule has 0 atom stereocenters. The van der Waals surface area contributed by atoms with Gasteiger partial charge in [0.1, 0.15) is 17.4 Å². The van der Waals surface area contributed by atoms with Crippen molar-refractivity contribution in [3.8, 4) is 29.1 Å². The summed E-state index contributed by atoms with van der Waals surface area (Å²) in [6.07, 6.45) is 1.31. The third-order valence-electron chi connectivity index (χ3n) is 4.70. The summed E-state index contributed by atoms with van der Waals surface area (Å²) in [5, 5.41) is 43.9. The second-order valence-corrected chi connectivity index (χ2v) is 8.06. The Morgan fingerprint density at radius 2 is 1.81 bits per heavy atom. The van der Waals surface area contributed by atoms with Gasteiger partial charge >= 0.3 is 5.69 Å². The molecule has 2 N–H and O–H groups in total. The molecule has 0 fully saturated rings. The van der Waals surface area contributed by atoms with Gasteiger partial charge in [-0.1, -0.05) is 0 Å². The van der Waals surface area contributed by atoms with Gasteiger partial charge in [0.25, 0.3) is 11.6 Å². The summed E-state index contributed by atoms with van der Waals surface area (Å²) in [7, 11) is 0. The number of nitrogens with one attached hydrogen (secondary N) is 1. The first-order valence-electron chi connectivity index (χ1n) is 10.4. The van der Waals surface area contributed by atoms with Gasteiger partial charge in [0.2, 0.25) is 5.75 Å². The van der Waals surface area contributed by atoms with Crippen molar-refractivity contribution in [3.63, 3.8) is 0 Å². The highest BCUT2D eigenvalue weighted by atomic mass is 79.9. The Balaban J connectivity index is 1.97. The fraction of sp³-hybridized carbons (Fsp3) is 0.0833. The van der Waals surface area contributed by atoms with Crippen LogP contribution in [0, 0.1) is 31.6 Å². The lowest BCUT2D eigenvalue weighted by Gasteiger charge is -2.14. The SMILES string of the molecule is CCOc1cc(/C=C(\C#N)C(=O)Nc2ccc(O)cc2)cc(Br)c1Oc1ccc([N+](=O)[O-])cc1[N+](=O)[O-]. The van der Waals surface area contributed by atoms with E-state index in [1.807, 2.05) is 6.07 Å². The minimum Gasteiger partial charge on any atom is -0.508 e. The number of carbonyl (C=O) groups is 1. The Labute approximate surface area is 217 Å². The van der Waals surface area contributed by atoms with E-state index in [9.17, 15) is 35.4 Å². The number of nitro groups is 2. The molecule has 1 amide bonds. The van der Waals surface area contributed by atoms with Crippen LogP contribution in [-0.2, 0) is 4.79 Å². The summed E-state index contributed by atoms with van der Waals surface area (Å²) < 4.78 is 11.6.